The Kier molecular flexibility index (Phi) is 8.02. The third-order valence-electron chi connectivity index (χ3n) is 4.47. The quantitative estimate of drug-likeness (QED) is 0.457. The van der Waals surface area contributed by atoms with E-state index in [1.165, 1.54) is 42.8 Å². The van der Waals surface area contributed by atoms with Gasteiger partial charge in [0.15, 0.2) is 0 Å². The van der Waals surface area contributed by atoms with Crippen LogP contribution >= 0.6 is 0 Å². The van der Waals surface area contributed by atoms with Crippen molar-refractivity contribution in [1.29, 1.82) is 0 Å². The molecule has 0 radical (unpaired) electrons. The van der Waals surface area contributed by atoms with Crippen molar-refractivity contribution in [3.05, 3.63) is 45.6 Å². The van der Waals surface area contributed by atoms with E-state index in [0.29, 0.717) is 11.1 Å². The van der Waals surface area contributed by atoms with Crippen molar-refractivity contribution in [3.63, 3.8) is 0 Å². The molecular formula is C16H26Si2Zr. The van der Waals surface area contributed by atoms with E-state index in [9.17, 15) is 0 Å². The van der Waals surface area contributed by atoms with Crippen molar-refractivity contribution < 1.29 is 26.2 Å². The smallest absolute Gasteiger partial charge is 0.270 e. The summed E-state index contributed by atoms with van der Waals surface area (Å²) in [7, 11) is 2.45. The molecule has 0 bridgehead atoms. The van der Waals surface area contributed by atoms with Crippen LogP contribution in [0.3, 0.4) is 0 Å². The first-order valence-corrected chi connectivity index (χ1v) is 9.12. The van der Waals surface area contributed by atoms with E-state index in [2.05, 4.69) is 53.7 Å². The third kappa shape index (κ3) is 4.65. The van der Waals surface area contributed by atoms with Gasteiger partial charge in [0.2, 0.25) is 0 Å². The maximum absolute atomic E-state index is 3.42. The maximum atomic E-state index is 3.42. The van der Waals surface area contributed by atoms with Gasteiger partial charge in [-0.25, -0.2) is 11.1 Å². The summed E-state index contributed by atoms with van der Waals surface area (Å²) in [5.41, 5.74) is 10.2. The van der Waals surface area contributed by atoms with Crippen LogP contribution in [0.15, 0.2) is 33.4 Å². The minimum absolute atomic E-state index is 0. The zero-order valence-corrected chi connectivity index (χ0v) is 20.1. The molecule has 0 aromatic carbocycles. The van der Waals surface area contributed by atoms with E-state index >= 15 is 0 Å². The normalized spacial score (nSPS) is 26.0. The predicted octanol–water partition coefficient (Wildman–Crippen LogP) is 2.48. The van der Waals surface area contributed by atoms with Gasteiger partial charge in [0.25, 0.3) is 0 Å². The van der Waals surface area contributed by atoms with Crippen LogP contribution < -0.4 is 0 Å². The fraction of sp³-hybridized carbons (Fsp3) is 0.500. The second-order valence-electron chi connectivity index (χ2n) is 5.60. The molecule has 0 fully saturated rings. The van der Waals surface area contributed by atoms with E-state index in [1.807, 2.05) is 0 Å². The summed E-state index contributed by atoms with van der Waals surface area (Å²) in [6.45, 7) is 13.1. The van der Waals surface area contributed by atoms with Crippen molar-refractivity contribution in [2.24, 2.45) is 0 Å². The van der Waals surface area contributed by atoms with E-state index in [0.717, 1.165) is 0 Å². The van der Waals surface area contributed by atoms with Gasteiger partial charge < -0.3 is 0 Å². The summed E-state index contributed by atoms with van der Waals surface area (Å²) in [5.74, 6) is 0. The van der Waals surface area contributed by atoms with Gasteiger partial charge in [-0.3, -0.25) is 12.2 Å². The molecule has 0 aromatic heterocycles. The number of allylic oxidation sites excluding steroid dienone is 8. The molecule has 3 heteroatoms. The Balaban J connectivity index is 0.000000324. The van der Waals surface area contributed by atoms with Crippen LogP contribution in [0.1, 0.15) is 41.5 Å². The molecule has 2 atom stereocenters. The van der Waals surface area contributed by atoms with E-state index in [1.54, 1.807) is 11.1 Å². The summed E-state index contributed by atoms with van der Waals surface area (Å²) in [5, 5.41) is 0. The summed E-state index contributed by atoms with van der Waals surface area (Å²) in [6, 6.07) is 0. The molecule has 2 unspecified atom stereocenters. The molecule has 0 aromatic rings. The van der Waals surface area contributed by atoms with Crippen molar-refractivity contribution in [1.82, 2.24) is 0 Å². The average Bonchev–Trinajstić information content (AvgIpc) is 2.66. The van der Waals surface area contributed by atoms with Crippen LogP contribution in [-0.2, 0) is 26.2 Å². The molecule has 0 N–H and O–H groups in total. The van der Waals surface area contributed by atoms with Gasteiger partial charge in [0.05, 0.1) is 0 Å². The number of rotatable bonds is 0. The van der Waals surface area contributed by atoms with E-state index < -0.39 is 0 Å². The van der Waals surface area contributed by atoms with Crippen LogP contribution in [0.2, 0.25) is 11.1 Å². The first-order chi connectivity index (χ1) is 8.25. The Morgan fingerprint density at radius 1 is 0.684 bits per heavy atom. The molecule has 0 aliphatic heterocycles. The van der Waals surface area contributed by atoms with Crippen molar-refractivity contribution in [2.75, 3.05) is 0 Å². The first-order valence-electron chi connectivity index (χ1n) is 6.81. The zero-order valence-electron chi connectivity index (χ0n) is 13.7. The summed E-state index contributed by atoms with van der Waals surface area (Å²) < 4.78 is 0. The summed E-state index contributed by atoms with van der Waals surface area (Å²) in [6.07, 6.45) is 6.84. The van der Waals surface area contributed by atoms with E-state index in [4.69, 9.17) is 0 Å². The number of hydrogen-bond acceptors (Lipinski definition) is 0. The fourth-order valence-corrected chi connectivity index (χ4v) is 4.06. The Labute approximate surface area is 144 Å². The van der Waals surface area contributed by atoms with Crippen molar-refractivity contribution in [3.8, 4) is 0 Å². The molecule has 0 saturated heterocycles. The Hall–Kier alpha value is 0.277. The molecule has 0 nitrogen and oxygen atoms in total. The standard InChI is InChI=1S/2C8H13Si.Zr/c2*1-5-4-8(9)7(3)6(5)2;/h2*8H,1-3,9H3;/q2*-1;+2. The van der Waals surface area contributed by atoms with Crippen LogP contribution in [0.25, 0.3) is 0 Å². The Morgan fingerprint density at radius 2 is 0.947 bits per heavy atom. The second kappa shape index (κ2) is 7.90. The van der Waals surface area contributed by atoms with Gasteiger partial charge in [0.1, 0.15) is 0 Å². The summed E-state index contributed by atoms with van der Waals surface area (Å²) >= 11 is 0. The van der Waals surface area contributed by atoms with Gasteiger partial charge in [-0.1, -0.05) is 27.7 Å². The van der Waals surface area contributed by atoms with Gasteiger partial charge in [-0.15, -0.1) is 24.9 Å². The topological polar surface area (TPSA) is 0 Å². The molecule has 2 rings (SSSR count). The van der Waals surface area contributed by atoms with Gasteiger partial charge in [0, 0.05) is 0 Å². The largest absolute Gasteiger partial charge is 2.00 e. The molecule has 0 amide bonds. The van der Waals surface area contributed by atoms with Crippen LogP contribution in [0.4, 0.5) is 0 Å². The Morgan fingerprint density at radius 3 is 1.00 bits per heavy atom. The zero-order chi connectivity index (χ0) is 14.0. The van der Waals surface area contributed by atoms with Gasteiger partial charge in [-0.2, -0.15) is 22.3 Å². The van der Waals surface area contributed by atoms with Crippen molar-refractivity contribution >= 4 is 20.5 Å². The van der Waals surface area contributed by atoms with Gasteiger partial charge >= 0.3 is 26.2 Å². The van der Waals surface area contributed by atoms with Crippen LogP contribution in [-0.4, -0.2) is 20.5 Å². The first kappa shape index (κ1) is 19.3. The second-order valence-corrected chi connectivity index (χ2v) is 7.91. The average molecular weight is 366 g/mol. The minimum atomic E-state index is 0. The van der Waals surface area contributed by atoms with Gasteiger partial charge in [-0.05, 0) is 20.5 Å². The molecule has 0 saturated carbocycles. The fourth-order valence-electron chi connectivity index (χ4n) is 2.32. The van der Waals surface area contributed by atoms with Crippen molar-refractivity contribution in [2.45, 2.75) is 52.6 Å². The molecule has 0 spiro atoms. The Bertz CT molecular complexity index is 423. The molecule has 2 aliphatic rings. The minimum Gasteiger partial charge on any atom is -0.270 e. The van der Waals surface area contributed by atoms with Crippen LogP contribution in [0, 0.1) is 12.2 Å². The van der Waals surface area contributed by atoms with E-state index in [-0.39, 0.29) is 26.2 Å². The molecule has 19 heavy (non-hydrogen) atoms. The monoisotopic (exact) mass is 364 g/mol. The molecule has 0 heterocycles. The molecule has 102 valence electrons. The number of hydrogen-bond donors (Lipinski definition) is 0. The summed E-state index contributed by atoms with van der Waals surface area (Å²) in [4.78, 5) is 0. The predicted molar refractivity (Wildman–Crippen MR) is 89.0 cm³/mol. The molecular weight excluding hydrogens is 340 g/mol. The third-order valence-corrected chi connectivity index (χ3v) is 6.78. The van der Waals surface area contributed by atoms with Crippen LogP contribution in [0.5, 0.6) is 0 Å². The maximum Gasteiger partial charge on any atom is 2.00 e. The molecule has 2 aliphatic carbocycles. The SMILES string of the molecule is CC1=[C-]C([SiH3])C(C)=C1C.CC1=[C-]C([SiH3])C(C)=C1C.[Zr+2].